The quantitative estimate of drug-likeness (QED) is 0.264. The van der Waals surface area contributed by atoms with E-state index in [-0.39, 0.29) is 12.2 Å². The summed E-state index contributed by atoms with van der Waals surface area (Å²) in [6.07, 6.45) is -0.686. The standard InChI is InChI=1S/C12H19N4O12P3/c1-12(5-25-30(21,22)28-31(23,24)27-29(18,19)20)10(17)4-9(26-12)7-2-3-8-11(13)14-6-15-16(7)8/h2-3,6,9-10,17H,4-5H2,1H3,(H,21,22)(H,23,24)(H2,13,14,15)(H2,18,19,20)/t9-,10+,12-/m1/s1. The van der Waals surface area contributed by atoms with Gasteiger partial charge in [0, 0.05) is 6.42 Å². The Morgan fingerprint density at radius 3 is 2.55 bits per heavy atom. The molecule has 3 heterocycles. The Bertz CT molecular complexity index is 1120. The van der Waals surface area contributed by atoms with Gasteiger partial charge in [0.15, 0.2) is 5.82 Å². The fourth-order valence-corrected chi connectivity index (χ4v) is 6.06. The number of anilines is 1. The average molecular weight is 504 g/mol. The summed E-state index contributed by atoms with van der Waals surface area (Å²) in [5.41, 5.74) is 5.21. The van der Waals surface area contributed by atoms with Gasteiger partial charge in [-0.05, 0) is 19.1 Å². The molecule has 2 unspecified atom stereocenters. The first-order valence-corrected chi connectivity index (χ1v) is 12.9. The fourth-order valence-electron chi connectivity index (χ4n) is 2.94. The highest BCUT2D eigenvalue weighted by Crippen LogP contribution is 2.66. The predicted molar refractivity (Wildman–Crippen MR) is 100 cm³/mol. The zero-order chi connectivity index (χ0) is 23.2. The smallest absolute Gasteiger partial charge is 0.390 e. The Hall–Kier alpha value is -1.25. The first-order valence-electron chi connectivity index (χ1n) is 8.33. The molecule has 0 bridgehead atoms. The molecule has 7 N–H and O–H groups in total. The van der Waals surface area contributed by atoms with Gasteiger partial charge in [0.2, 0.25) is 0 Å². The monoisotopic (exact) mass is 504 g/mol. The molecule has 0 saturated carbocycles. The molecule has 3 rings (SSSR count). The van der Waals surface area contributed by atoms with Crippen molar-refractivity contribution in [3.8, 4) is 0 Å². The molecule has 0 radical (unpaired) electrons. The number of fused-ring (bicyclic) bond motifs is 1. The van der Waals surface area contributed by atoms with E-state index in [9.17, 15) is 28.6 Å². The molecule has 0 spiro atoms. The lowest BCUT2D eigenvalue weighted by atomic mass is 9.99. The minimum atomic E-state index is -5.65. The Labute approximate surface area is 174 Å². The Morgan fingerprint density at radius 1 is 1.23 bits per heavy atom. The third-order valence-corrected chi connectivity index (χ3v) is 8.11. The van der Waals surface area contributed by atoms with Gasteiger partial charge in [0.05, 0.1) is 18.4 Å². The zero-order valence-electron chi connectivity index (χ0n) is 15.7. The van der Waals surface area contributed by atoms with Crippen molar-refractivity contribution in [1.29, 1.82) is 0 Å². The van der Waals surface area contributed by atoms with Crippen LogP contribution < -0.4 is 5.73 Å². The van der Waals surface area contributed by atoms with Gasteiger partial charge in [-0.15, -0.1) is 0 Å². The first-order chi connectivity index (χ1) is 14.1. The number of phosphoric acid groups is 3. The van der Waals surface area contributed by atoms with E-state index in [0.29, 0.717) is 11.2 Å². The van der Waals surface area contributed by atoms with Crippen molar-refractivity contribution in [2.45, 2.75) is 31.2 Å². The summed E-state index contributed by atoms with van der Waals surface area (Å²) in [5.74, 6) is 0.218. The van der Waals surface area contributed by atoms with E-state index in [1.165, 1.54) is 17.8 Å². The number of hydrogen-bond acceptors (Lipinski definition) is 11. The molecule has 1 aliphatic rings. The van der Waals surface area contributed by atoms with Crippen LogP contribution in [0.5, 0.6) is 0 Å². The minimum absolute atomic E-state index is 0.0340. The van der Waals surface area contributed by atoms with Crippen molar-refractivity contribution in [3.63, 3.8) is 0 Å². The summed E-state index contributed by atoms with van der Waals surface area (Å²) < 4.78 is 53.1. The minimum Gasteiger partial charge on any atom is -0.390 e. The Morgan fingerprint density at radius 2 is 1.90 bits per heavy atom. The van der Waals surface area contributed by atoms with Gasteiger partial charge < -0.3 is 35.2 Å². The molecule has 0 aliphatic carbocycles. The van der Waals surface area contributed by atoms with Crippen molar-refractivity contribution in [2.24, 2.45) is 0 Å². The lowest BCUT2D eigenvalue weighted by molar-refractivity contribution is -0.0983. The van der Waals surface area contributed by atoms with E-state index in [2.05, 4.69) is 23.2 Å². The lowest BCUT2D eigenvalue weighted by Gasteiger charge is -2.28. The number of aromatic nitrogens is 3. The number of nitrogens with zero attached hydrogens (tertiary/aromatic N) is 3. The molecule has 2 aromatic heterocycles. The van der Waals surface area contributed by atoms with E-state index in [0.717, 1.165) is 0 Å². The number of rotatable bonds is 8. The molecular weight excluding hydrogens is 485 g/mol. The molecule has 0 amide bonds. The van der Waals surface area contributed by atoms with Crippen molar-refractivity contribution in [2.75, 3.05) is 12.3 Å². The first kappa shape index (κ1) is 24.4. The van der Waals surface area contributed by atoms with Crippen LogP contribution >= 0.6 is 23.5 Å². The highest BCUT2D eigenvalue weighted by molar-refractivity contribution is 7.66. The second-order valence-electron chi connectivity index (χ2n) is 6.74. The zero-order valence-corrected chi connectivity index (χ0v) is 18.3. The number of phosphoric ester groups is 1. The van der Waals surface area contributed by atoms with E-state index in [1.807, 2.05) is 0 Å². The number of nitrogens with two attached hydrogens (primary N) is 1. The van der Waals surface area contributed by atoms with Gasteiger partial charge in [-0.1, -0.05) is 0 Å². The summed E-state index contributed by atoms with van der Waals surface area (Å²) in [5, 5.41) is 14.5. The number of ether oxygens (including phenoxy) is 1. The highest BCUT2D eigenvalue weighted by Gasteiger charge is 2.48. The van der Waals surface area contributed by atoms with Gasteiger partial charge >= 0.3 is 23.5 Å². The second kappa shape index (κ2) is 8.27. The molecule has 174 valence electrons. The summed E-state index contributed by atoms with van der Waals surface area (Å²) in [7, 11) is -16.5. The molecule has 2 aromatic rings. The maximum absolute atomic E-state index is 11.9. The summed E-state index contributed by atoms with van der Waals surface area (Å²) in [4.78, 5) is 39.7. The number of nitrogen functional groups attached to an aromatic ring is 1. The van der Waals surface area contributed by atoms with Crippen LogP contribution in [0.2, 0.25) is 0 Å². The Kier molecular flexibility index (Phi) is 6.51. The average Bonchev–Trinajstić information content (AvgIpc) is 3.13. The third-order valence-electron chi connectivity index (χ3n) is 4.32. The van der Waals surface area contributed by atoms with Crippen molar-refractivity contribution < 1.29 is 56.3 Å². The summed E-state index contributed by atoms with van der Waals surface area (Å²) in [6, 6.07) is 3.29. The maximum atomic E-state index is 11.9. The fraction of sp³-hybridized carbons (Fsp3) is 0.500. The van der Waals surface area contributed by atoms with Crippen LogP contribution in [0, 0.1) is 0 Å². The summed E-state index contributed by atoms with van der Waals surface area (Å²) >= 11 is 0. The molecular formula is C12H19N4O12P3. The molecule has 31 heavy (non-hydrogen) atoms. The largest absolute Gasteiger partial charge is 0.490 e. The van der Waals surface area contributed by atoms with Crippen LogP contribution in [0.4, 0.5) is 5.82 Å². The van der Waals surface area contributed by atoms with Gasteiger partial charge in [-0.25, -0.2) is 23.2 Å². The normalized spacial score (nSPS) is 28.5. The molecule has 19 heteroatoms. The van der Waals surface area contributed by atoms with Crippen LogP contribution in [0.1, 0.15) is 25.1 Å². The van der Waals surface area contributed by atoms with Gasteiger partial charge in [-0.2, -0.15) is 13.7 Å². The molecule has 16 nitrogen and oxygen atoms in total. The van der Waals surface area contributed by atoms with Crippen molar-refractivity contribution in [1.82, 2.24) is 14.6 Å². The van der Waals surface area contributed by atoms with E-state index < -0.39 is 47.9 Å². The van der Waals surface area contributed by atoms with Crippen LogP contribution in [0.25, 0.3) is 5.52 Å². The third kappa shape index (κ3) is 5.76. The maximum Gasteiger partial charge on any atom is 0.490 e. The highest BCUT2D eigenvalue weighted by atomic mass is 31.3. The molecule has 1 fully saturated rings. The van der Waals surface area contributed by atoms with Crippen LogP contribution in [-0.4, -0.2) is 57.6 Å². The van der Waals surface area contributed by atoms with Crippen molar-refractivity contribution in [3.05, 3.63) is 24.2 Å². The van der Waals surface area contributed by atoms with Gasteiger partial charge in [0.25, 0.3) is 0 Å². The van der Waals surface area contributed by atoms with Crippen LogP contribution in [0.15, 0.2) is 18.5 Å². The number of hydrogen-bond donors (Lipinski definition) is 6. The summed E-state index contributed by atoms with van der Waals surface area (Å²) in [6.45, 7) is 0.552. The lowest BCUT2D eigenvalue weighted by Crippen LogP contribution is -2.40. The van der Waals surface area contributed by atoms with E-state index in [4.69, 9.17) is 20.3 Å². The molecule has 5 atom stereocenters. The second-order valence-corrected chi connectivity index (χ2v) is 11.2. The molecule has 1 aliphatic heterocycles. The van der Waals surface area contributed by atoms with E-state index in [1.54, 1.807) is 12.1 Å². The van der Waals surface area contributed by atoms with Gasteiger partial charge in [-0.3, -0.25) is 4.52 Å². The number of aliphatic hydroxyl groups is 1. The molecule has 0 aromatic carbocycles. The Balaban J connectivity index is 1.70. The van der Waals surface area contributed by atoms with Crippen molar-refractivity contribution >= 4 is 34.8 Å². The van der Waals surface area contributed by atoms with E-state index >= 15 is 0 Å². The van der Waals surface area contributed by atoms with Gasteiger partial charge in [0.1, 0.15) is 23.5 Å². The molecule has 1 saturated heterocycles. The predicted octanol–water partition coefficient (Wildman–Crippen LogP) is 0.236. The van der Waals surface area contributed by atoms with Crippen LogP contribution in [0.3, 0.4) is 0 Å². The van der Waals surface area contributed by atoms with Crippen LogP contribution in [-0.2, 0) is 31.6 Å². The SMILES string of the molecule is C[C@]1(COP(=O)(O)OP(=O)(O)OP(=O)(O)O)O[C@@H](c2ccc3c(N)ncnn23)C[C@@H]1O. The topological polar surface area (TPSA) is 245 Å². The number of aliphatic hydroxyl groups excluding tert-OH is 1.